The van der Waals surface area contributed by atoms with Gasteiger partial charge < -0.3 is 15.9 Å². The number of carboxylic acids is 1. The average Bonchev–Trinajstić information content (AvgIpc) is 2.19. The first kappa shape index (κ1) is 11.5. The summed E-state index contributed by atoms with van der Waals surface area (Å²) in [5.74, 6) is -1.33. The molecule has 82 valence electrons. The maximum absolute atomic E-state index is 10.9. The maximum Gasteiger partial charge on any atom is 0.308 e. The molecule has 0 amide bonds. The molecule has 0 aliphatic heterocycles. The molecule has 1 rings (SSSR count). The summed E-state index contributed by atoms with van der Waals surface area (Å²) in [6.07, 6.45) is 0.484. The summed E-state index contributed by atoms with van der Waals surface area (Å²) in [5, 5.41) is 18.0. The predicted molar refractivity (Wildman–Crippen MR) is 56.5 cm³/mol. The molecule has 0 spiro atoms. The predicted octanol–water partition coefficient (Wildman–Crippen LogP) is 1.50. The largest absolute Gasteiger partial charge is 0.508 e. The van der Waals surface area contributed by atoms with Crippen LogP contribution in [0.4, 0.5) is 0 Å². The van der Waals surface area contributed by atoms with Gasteiger partial charge in [0.2, 0.25) is 0 Å². The van der Waals surface area contributed by atoms with Gasteiger partial charge >= 0.3 is 5.97 Å². The van der Waals surface area contributed by atoms with Crippen molar-refractivity contribution in [1.82, 2.24) is 0 Å². The number of carboxylic acid groups (broad SMARTS) is 1. The molecule has 1 aromatic carbocycles. The van der Waals surface area contributed by atoms with Gasteiger partial charge in [-0.15, -0.1) is 0 Å². The zero-order valence-electron chi connectivity index (χ0n) is 8.55. The second kappa shape index (κ2) is 4.79. The summed E-state index contributed by atoms with van der Waals surface area (Å²) in [5.41, 5.74) is 6.56. The van der Waals surface area contributed by atoms with E-state index in [1.165, 1.54) is 12.1 Å². The highest BCUT2D eigenvalue weighted by Gasteiger charge is 2.24. The standard InChI is InChI=1S/C11H15NO3/c1-2-9(11(14)15)10(12)7-3-5-8(13)6-4-7/h3-6,9-10,13H,2,12H2,1H3,(H,14,15)/t9?,10-/m1/s1. The number of phenols is 1. The Morgan fingerprint density at radius 2 is 1.93 bits per heavy atom. The first-order valence-electron chi connectivity index (χ1n) is 4.83. The molecular weight excluding hydrogens is 194 g/mol. The molecule has 4 heteroatoms. The molecule has 0 aromatic heterocycles. The van der Waals surface area contributed by atoms with Crippen LogP contribution in [0.2, 0.25) is 0 Å². The number of nitrogens with two attached hydrogens (primary N) is 1. The number of hydrogen-bond acceptors (Lipinski definition) is 3. The molecule has 4 N–H and O–H groups in total. The van der Waals surface area contributed by atoms with Crippen LogP contribution in [-0.2, 0) is 4.79 Å². The maximum atomic E-state index is 10.9. The van der Waals surface area contributed by atoms with Crippen LogP contribution in [-0.4, -0.2) is 16.2 Å². The lowest BCUT2D eigenvalue weighted by Crippen LogP contribution is -2.27. The summed E-state index contributed by atoms with van der Waals surface area (Å²) in [6, 6.07) is 5.76. The van der Waals surface area contributed by atoms with E-state index in [0.717, 1.165) is 5.56 Å². The SMILES string of the molecule is CCC(C(=O)O)[C@H](N)c1ccc(O)cc1. The van der Waals surface area contributed by atoms with E-state index in [-0.39, 0.29) is 5.75 Å². The second-order valence-corrected chi connectivity index (χ2v) is 3.47. The third-order valence-corrected chi connectivity index (χ3v) is 2.47. The minimum atomic E-state index is -0.891. The monoisotopic (exact) mass is 209 g/mol. The van der Waals surface area contributed by atoms with Crippen molar-refractivity contribution in [3.05, 3.63) is 29.8 Å². The molecule has 0 radical (unpaired) electrons. The molecule has 0 saturated carbocycles. The van der Waals surface area contributed by atoms with Gasteiger partial charge in [0.15, 0.2) is 0 Å². The lowest BCUT2D eigenvalue weighted by molar-refractivity contribution is -0.142. The Balaban J connectivity index is 2.87. The molecule has 15 heavy (non-hydrogen) atoms. The summed E-state index contributed by atoms with van der Waals surface area (Å²) in [6.45, 7) is 1.79. The van der Waals surface area contributed by atoms with Crippen molar-refractivity contribution >= 4 is 5.97 Å². The third kappa shape index (κ3) is 2.70. The molecule has 4 nitrogen and oxygen atoms in total. The Kier molecular flexibility index (Phi) is 3.68. The van der Waals surface area contributed by atoms with Gasteiger partial charge in [0.05, 0.1) is 5.92 Å². The van der Waals surface area contributed by atoms with Crippen molar-refractivity contribution in [3.63, 3.8) is 0 Å². The van der Waals surface area contributed by atoms with Crippen LogP contribution in [0.25, 0.3) is 0 Å². The van der Waals surface area contributed by atoms with Crippen LogP contribution in [0.3, 0.4) is 0 Å². The topological polar surface area (TPSA) is 83.5 Å². The fraction of sp³-hybridized carbons (Fsp3) is 0.364. The zero-order valence-corrected chi connectivity index (χ0v) is 8.55. The van der Waals surface area contributed by atoms with Crippen LogP contribution in [0.1, 0.15) is 24.9 Å². The Labute approximate surface area is 88.3 Å². The van der Waals surface area contributed by atoms with E-state index in [9.17, 15) is 4.79 Å². The molecule has 2 atom stereocenters. The normalized spacial score (nSPS) is 14.5. The van der Waals surface area contributed by atoms with E-state index >= 15 is 0 Å². The van der Waals surface area contributed by atoms with Gasteiger partial charge in [-0.3, -0.25) is 4.79 Å². The van der Waals surface area contributed by atoms with E-state index in [4.69, 9.17) is 15.9 Å². The number of aliphatic carboxylic acids is 1. The van der Waals surface area contributed by atoms with Crippen molar-refractivity contribution in [2.24, 2.45) is 11.7 Å². The van der Waals surface area contributed by atoms with Crippen LogP contribution in [0.15, 0.2) is 24.3 Å². The lowest BCUT2D eigenvalue weighted by Gasteiger charge is -2.18. The number of rotatable bonds is 4. The van der Waals surface area contributed by atoms with Crippen LogP contribution < -0.4 is 5.73 Å². The summed E-state index contributed by atoms with van der Waals surface area (Å²) in [7, 11) is 0. The van der Waals surface area contributed by atoms with Gasteiger partial charge in [-0.25, -0.2) is 0 Å². The Bertz CT molecular complexity index is 334. The average molecular weight is 209 g/mol. The van der Waals surface area contributed by atoms with Crippen molar-refractivity contribution in [2.45, 2.75) is 19.4 Å². The van der Waals surface area contributed by atoms with E-state index in [2.05, 4.69) is 0 Å². The summed E-state index contributed by atoms with van der Waals surface area (Å²) in [4.78, 5) is 10.9. The van der Waals surface area contributed by atoms with Crippen molar-refractivity contribution in [2.75, 3.05) is 0 Å². The fourth-order valence-electron chi connectivity index (χ4n) is 1.51. The van der Waals surface area contributed by atoms with Gasteiger partial charge in [0.1, 0.15) is 5.75 Å². The molecule has 0 aliphatic rings. The van der Waals surface area contributed by atoms with Crippen molar-refractivity contribution in [3.8, 4) is 5.75 Å². The second-order valence-electron chi connectivity index (χ2n) is 3.47. The van der Waals surface area contributed by atoms with Crippen LogP contribution in [0.5, 0.6) is 5.75 Å². The first-order valence-corrected chi connectivity index (χ1v) is 4.83. The number of benzene rings is 1. The molecule has 1 aromatic rings. The number of aromatic hydroxyl groups is 1. The zero-order chi connectivity index (χ0) is 11.4. The third-order valence-electron chi connectivity index (χ3n) is 2.47. The smallest absolute Gasteiger partial charge is 0.308 e. The number of hydrogen-bond donors (Lipinski definition) is 3. The molecule has 0 fully saturated rings. The Hall–Kier alpha value is -1.55. The number of phenolic OH excluding ortho intramolecular Hbond substituents is 1. The van der Waals surface area contributed by atoms with E-state index < -0.39 is 17.9 Å². The highest BCUT2D eigenvalue weighted by molar-refractivity contribution is 5.71. The van der Waals surface area contributed by atoms with Gasteiger partial charge in [0, 0.05) is 6.04 Å². The van der Waals surface area contributed by atoms with Gasteiger partial charge in [-0.2, -0.15) is 0 Å². The molecule has 0 aliphatic carbocycles. The molecule has 0 saturated heterocycles. The quantitative estimate of drug-likeness (QED) is 0.701. The first-order chi connectivity index (χ1) is 7.06. The van der Waals surface area contributed by atoms with Gasteiger partial charge in [-0.1, -0.05) is 19.1 Å². The van der Waals surface area contributed by atoms with Crippen LogP contribution >= 0.6 is 0 Å². The van der Waals surface area contributed by atoms with E-state index in [0.29, 0.717) is 6.42 Å². The fourth-order valence-corrected chi connectivity index (χ4v) is 1.51. The lowest BCUT2D eigenvalue weighted by atomic mass is 9.92. The number of carbonyl (C=O) groups is 1. The Morgan fingerprint density at radius 1 is 1.40 bits per heavy atom. The van der Waals surface area contributed by atoms with Crippen molar-refractivity contribution < 1.29 is 15.0 Å². The van der Waals surface area contributed by atoms with Gasteiger partial charge in [0.25, 0.3) is 0 Å². The molecule has 1 unspecified atom stereocenters. The van der Waals surface area contributed by atoms with Crippen LogP contribution in [0, 0.1) is 5.92 Å². The highest BCUT2D eigenvalue weighted by atomic mass is 16.4. The van der Waals surface area contributed by atoms with E-state index in [1.54, 1.807) is 19.1 Å². The highest BCUT2D eigenvalue weighted by Crippen LogP contribution is 2.23. The van der Waals surface area contributed by atoms with Crippen molar-refractivity contribution in [1.29, 1.82) is 0 Å². The summed E-state index contributed by atoms with van der Waals surface area (Å²) < 4.78 is 0. The molecular formula is C11H15NO3. The Morgan fingerprint density at radius 3 is 2.33 bits per heavy atom. The van der Waals surface area contributed by atoms with E-state index in [1.807, 2.05) is 0 Å². The molecule has 0 heterocycles. The van der Waals surface area contributed by atoms with Gasteiger partial charge in [-0.05, 0) is 24.1 Å². The minimum Gasteiger partial charge on any atom is -0.508 e. The summed E-state index contributed by atoms with van der Waals surface area (Å²) >= 11 is 0. The molecule has 0 bridgehead atoms. The minimum absolute atomic E-state index is 0.148.